The van der Waals surface area contributed by atoms with E-state index in [1.807, 2.05) is 29.8 Å². The molecule has 0 fully saturated rings. The molecule has 0 aromatic carbocycles. The third-order valence-corrected chi connectivity index (χ3v) is 2.28. The molecule has 3 nitrogen and oxygen atoms in total. The van der Waals surface area contributed by atoms with E-state index in [9.17, 15) is 13.2 Å². The molecule has 1 atom stereocenters. The van der Waals surface area contributed by atoms with Crippen LogP contribution in [0.2, 0.25) is 0 Å². The summed E-state index contributed by atoms with van der Waals surface area (Å²) in [6, 6.07) is 3.69. The van der Waals surface area contributed by atoms with Gasteiger partial charge in [0.15, 0.2) is 0 Å². The average Bonchev–Trinajstić information content (AvgIpc) is 2.63. The van der Waals surface area contributed by atoms with Crippen LogP contribution in [-0.2, 0) is 11.3 Å². The maximum absolute atomic E-state index is 11.8. The predicted octanol–water partition coefficient (Wildman–Crippen LogP) is 2.48. The van der Waals surface area contributed by atoms with Gasteiger partial charge < -0.3 is 15.0 Å². The Morgan fingerprint density at radius 3 is 2.76 bits per heavy atom. The standard InChI is InChI=1S/C11H17F3N2O/c1-9(15)10-4-2-5-16(10)6-3-7-17-8-11(12,13)14/h2,4-5,9H,3,6-8,15H2,1H3. The van der Waals surface area contributed by atoms with Gasteiger partial charge in [-0.3, -0.25) is 0 Å². The fourth-order valence-corrected chi connectivity index (χ4v) is 1.57. The second kappa shape index (κ2) is 6.07. The van der Waals surface area contributed by atoms with Crippen LogP contribution < -0.4 is 5.73 Å². The highest BCUT2D eigenvalue weighted by atomic mass is 19.4. The van der Waals surface area contributed by atoms with Crippen molar-refractivity contribution >= 4 is 0 Å². The van der Waals surface area contributed by atoms with Crippen molar-refractivity contribution < 1.29 is 17.9 Å². The Morgan fingerprint density at radius 1 is 1.47 bits per heavy atom. The van der Waals surface area contributed by atoms with Crippen molar-refractivity contribution in [2.24, 2.45) is 5.73 Å². The molecule has 1 aromatic rings. The van der Waals surface area contributed by atoms with Gasteiger partial charge in [0.2, 0.25) is 0 Å². The number of alkyl halides is 3. The highest BCUT2D eigenvalue weighted by molar-refractivity contribution is 5.10. The van der Waals surface area contributed by atoms with Crippen LogP contribution in [0.3, 0.4) is 0 Å². The Balaban J connectivity index is 2.25. The van der Waals surface area contributed by atoms with Gasteiger partial charge in [-0.1, -0.05) is 0 Å². The Hall–Kier alpha value is -1.01. The predicted molar refractivity (Wildman–Crippen MR) is 58.5 cm³/mol. The second-order valence-electron chi connectivity index (χ2n) is 3.94. The number of aryl methyl sites for hydroxylation is 1. The molecular formula is C11H17F3N2O. The van der Waals surface area contributed by atoms with Gasteiger partial charge in [-0.05, 0) is 25.5 Å². The molecule has 0 saturated heterocycles. The summed E-state index contributed by atoms with van der Waals surface area (Å²) in [6.07, 6.45) is -1.85. The molecule has 1 aromatic heterocycles. The van der Waals surface area contributed by atoms with E-state index in [0.29, 0.717) is 13.0 Å². The first-order valence-electron chi connectivity index (χ1n) is 5.45. The Bertz CT molecular complexity index is 334. The zero-order valence-corrected chi connectivity index (χ0v) is 9.70. The third kappa shape index (κ3) is 5.23. The molecule has 0 amide bonds. The van der Waals surface area contributed by atoms with E-state index in [-0.39, 0.29) is 12.6 Å². The van der Waals surface area contributed by atoms with E-state index in [1.165, 1.54) is 0 Å². The minimum absolute atomic E-state index is 0.0823. The number of ether oxygens (including phenoxy) is 1. The lowest BCUT2D eigenvalue weighted by Gasteiger charge is -2.12. The van der Waals surface area contributed by atoms with Crippen LogP contribution in [0.1, 0.15) is 25.1 Å². The highest BCUT2D eigenvalue weighted by Gasteiger charge is 2.27. The van der Waals surface area contributed by atoms with E-state index in [4.69, 9.17) is 5.73 Å². The molecule has 98 valence electrons. The summed E-state index contributed by atoms with van der Waals surface area (Å²) >= 11 is 0. The van der Waals surface area contributed by atoms with Crippen molar-refractivity contribution in [1.82, 2.24) is 4.57 Å². The molecule has 0 aliphatic heterocycles. The summed E-state index contributed by atoms with van der Waals surface area (Å²) in [4.78, 5) is 0. The van der Waals surface area contributed by atoms with Gasteiger partial charge in [0.25, 0.3) is 0 Å². The Kier molecular flexibility index (Phi) is 5.02. The number of aromatic nitrogens is 1. The largest absolute Gasteiger partial charge is 0.411 e. The van der Waals surface area contributed by atoms with Gasteiger partial charge in [-0.25, -0.2) is 0 Å². The average molecular weight is 250 g/mol. The number of rotatable bonds is 6. The quantitative estimate of drug-likeness (QED) is 0.788. The normalized spacial score (nSPS) is 13.9. The van der Waals surface area contributed by atoms with Crippen LogP contribution in [0.15, 0.2) is 18.3 Å². The summed E-state index contributed by atoms with van der Waals surface area (Å²) in [5.41, 5.74) is 6.72. The van der Waals surface area contributed by atoms with Crippen LogP contribution >= 0.6 is 0 Å². The number of hydrogen-bond donors (Lipinski definition) is 1. The number of hydrogen-bond acceptors (Lipinski definition) is 2. The van der Waals surface area contributed by atoms with Crippen LogP contribution in [0.25, 0.3) is 0 Å². The summed E-state index contributed by atoms with van der Waals surface area (Å²) in [5, 5.41) is 0. The van der Waals surface area contributed by atoms with Crippen molar-refractivity contribution in [3.8, 4) is 0 Å². The molecule has 1 rings (SSSR count). The van der Waals surface area contributed by atoms with Crippen LogP contribution in [-0.4, -0.2) is 24.0 Å². The maximum atomic E-state index is 11.8. The lowest BCUT2D eigenvalue weighted by molar-refractivity contribution is -0.174. The van der Waals surface area contributed by atoms with Gasteiger partial charge in [0, 0.05) is 31.1 Å². The molecule has 0 radical (unpaired) electrons. The molecule has 1 unspecified atom stereocenters. The van der Waals surface area contributed by atoms with E-state index in [1.54, 1.807) is 0 Å². The van der Waals surface area contributed by atoms with E-state index in [0.717, 1.165) is 5.69 Å². The molecule has 0 saturated carbocycles. The minimum Gasteiger partial charge on any atom is -0.372 e. The van der Waals surface area contributed by atoms with Crippen LogP contribution in [0.5, 0.6) is 0 Å². The van der Waals surface area contributed by atoms with Gasteiger partial charge in [-0.15, -0.1) is 0 Å². The molecule has 0 spiro atoms. The summed E-state index contributed by atoms with van der Waals surface area (Å²) in [6.45, 7) is 1.39. The smallest absolute Gasteiger partial charge is 0.372 e. The fraction of sp³-hybridized carbons (Fsp3) is 0.636. The fourth-order valence-electron chi connectivity index (χ4n) is 1.57. The first kappa shape index (κ1) is 14.1. The Labute approximate surface area is 98.4 Å². The number of nitrogens with zero attached hydrogens (tertiary/aromatic N) is 1. The molecule has 0 aliphatic rings. The van der Waals surface area contributed by atoms with Crippen molar-refractivity contribution in [2.45, 2.75) is 32.1 Å². The Morgan fingerprint density at radius 2 is 2.18 bits per heavy atom. The maximum Gasteiger partial charge on any atom is 0.411 e. The molecule has 0 aliphatic carbocycles. The van der Waals surface area contributed by atoms with E-state index >= 15 is 0 Å². The summed E-state index contributed by atoms with van der Waals surface area (Å²) < 4.78 is 41.8. The monoisotopic (exact) mass is 250 g/mol. The van der Waals surface area contributed by atoms with Gasteiger partial charge >= 0.3 is 6.18 Å². The van der Waals surface area contributed by atoms with Crippen LogP contribution in [0.4, 0.5) is 13.2 Å². The minimum atomic E-state index is -4.25. The number of nitrogens with two attached hydrogens (primary N) is 1. The molecule has 0 bridgehead atoms. The van der Waals surface area contributed by atoms with Crippen molar-refractivity contribution in [1.29, 1.82) is 0 Å². The molecular weight excluding hydrogens is 233 g/mol. The zero-order valence-electron chi connectivity index (χ0n) is 9.70. The zero-order chi connectivity index (χ0) is 12.9. The van der Waals surface area contributed by atoms with Crippen molar-refractivity contribution in [2.75, 3.05) is 13.2 Å². The van der Waals surface area contributed by atoms with Gasteiger partial charge in [0.1, 0.15) is 6.61 Å². The van der Waals surface area contributed by atoms with Crippen LogP contribution in [0, 0.1) is 0 Å². The first-order chi connectivity index (χ1) is 7.90. The number of halogens is 3. The van der Waals surface area contributed by atoms with E-state index < -0.39 is 12.8 Å². The highest BCUT2D eigenvalue weighted by Crippen LogP contribution is 2.15. The third-order valence-electron chi connectivity index (χ3n) is 2.28. The van der Waals surface area contributed by atoms with Gasteiger partial charge in [0.05, 0.1) is 0 Å². The topological polar surface area (TPSA) is 40.2 Å². The summed E-state index contributed by atoms with van der Waals surface area (Å²) in [7, 11) is 0. The molecule has 6 heteroatoms. The van der Waals surface area contributed by atoms with Crippen molar-refractivity contribution in [3.63, 3.8) is 0 Å². The molecule has 2 N–H and O–H groups in total. The molecule has 1 heterocycles. The molecule has 17 heavy (non-hydrogen) atoms. The van der Waals surface area contributed by atoms with Gasteiger partial charge in [-0.2, -0.15) is 13.2 Å². The lowest BCUT2D eigenvalue weighted by atomic mass is 10.2. The van der Waals surface area contributed by atoms with E-state index in [2.05, 4.69) is 4.74 Å². The lowest BCUT2D eigenvalue weighted by Crippen LogP contribution is -2.18. The van der Waals surface area contributed by atoms with Crippen molar-refractivity contribution in [3.05, 3.63) is 24.0 Å². The summed E-state index contributed by atoms with van der Waals surface area (Å²) in [5.74, 6) is 0. The SMILES string of the molecule is CC(N)c1cccn1CCCOCC(F)(F)F. The second-order valence-corrected chi connectivity index (χ2v) is 3.94. The first-order valence-corrected chi connectivity index (χ1v) is 5.45.